The van der Waals surface area contributed by atoms with Gasteiger partial charge in [0, 0.05) is 0 Å². The van der Waals surface area contributed by atoms with Gasteiger partial charge in [0.2, 0.25) is 5.91 Å². The maximum absolute atomic E-state index is 11.5. The largest absolute Gasteiger partial charge is 0.322 e. The van der Waals surface area contributed by atoms with E-state index in [9.17, 15) is 4.79 Å². The lowest BCUT2D eigenvalue weighted by atomic mass is 10.1. The van der Waals surface area contributed by atoms with Crippen molar-refractivity contribution < 1.29 is 4.79 Å². The van der Waals surface area contributed by atoms with Crippen LogP contribution < -0.4 is 11.1 Å². The van der Waals surface area contributed by atoms with Gasteiger partial charge in [-0.1, -0.05) is 0 Å². The molecule has 0 aliphatic carbocycles. The zero-order valence-electron chi connectivity index (χ0n) is 8.53. The number of carbonyl (C=O) groups is 1. The topological polar surface area (TPSA) is 80.9 Å². The fraction of sp³-hybridized carbons (Fsp3) is 0.444. The molecule has 1 aromatic rings. The van der Waals surface area contributed by atoms with Crippen molar-refractivity contribution in [3.05, 3.63) is 18.2 Å². The highest BCUT2D eigenvalue weighted by molar-refractivity contribution is 5.97. The van der Waals surface area contributed by atoms with Crippen molar-refractivity contribution in [2.75, 3.05) is 5.32 Å². The summed E-state index contributed by atoms with van der Waals surface area (Å²) in [6.45, 7) is 5.07. The lowest BCUT2D eigenvalue weighted by Crippen LogP contribution is -2.45. The van der Waals surface area contributed by atoms with Crippen LogP contribution in [0.25, 0.3) is 0 Å². The van der Waals surface area contributed by atoms with E-state index < -0.39 is 5.54 Å². The molecule has 0 unspecified atom stereocenters. The van der Waals surface area contributed by atoms with E-state index in [0.29, 0.717) is 5.69 Å². The summed E-state index contributed by atoms with van der Waals surface area (Å²) >= 11 is 0. The number of carbonyl (C=O) groups excluding carboxylic acids is 1. The Kier molecular flexibility index (Phi) is 2.81. The predicted molar refractivity (Wildman–Crippen MR) is 53.7 cm³/mol. The highest BCUT2D eigenvalue weighted by Gasteiger charge is 2.22. The molecule has 0 aliphatic rings. The van der Waals surface area contributed by atoms with Crippen molar-refractivity contribution in [2.24, 2.45) is 5.73 Å². The van der Waals surface area contributed by atoms with Crippen molar-refractivity contribution in [1.29, 1.82) is 0 Å². The van der Waals surface area contributed by atoms with Crippen LogP contribution in [0.1, 0.15) is 19.5 Å². The minimum atomic E-state index is -0.901. The molecule has 1 aromatic heterocycles. The van der Waals surface area contributed by atoms with E-state index in [1.807, 2.05) is 0 Å². The molecule has 5 nitrogen and oxygen atoms in total. The highest BCUT2D eigenvalue weighted by Crippen LogP contribution is 2.10. The van der Waals surface area contributed by atoms with Crippen molar-refractivity contribution in [1.82, 2.24) is 9.97 Å². The number of aromatic nitrogens is 2. The van der Waals surface area contributed by atoms with Crippen LogP contribution in [-0.4, -0.2) is 21.4 Å². The molecule has 0 saturated heterocycles. The molecule has 0 spiro atoms. The molecule has 76 valence electrons. The Hall–Kier alpha value is -1.49. The van der Waals surface area contributed by atoms with Gasteiger partial charge in [0.25, 0.3) is 0 Å². The number of anilines is 1. The van der Waals surface area contributed by atoms with Gasteiger partial charge in [-0.2, -0.15) is 0 Å². The van der Waals surface area contributed by atoms with Gasteiger partial charge in [0.15, 0.2) is 0 Å². The monoisotopic (exact) mass is 194 g/mol. The van der Waals surface area contributed by atoms with Crippen molar-refractivity contribution in [3.8, 4) is 0 Å². The summed E-state index contributed by atoms with van der Waals surface area (Å²) in [6.07, 6.45) is 2.98. The molecule has 0 bridgehead atoms. The zero-order valence-corrected chi connectivity index (χ0v) is 8.53. The standard InChI is InChI=1S/C9H14N4O/c1-6-7(4-11-5-12-6)13-8(14)9(2,3)10/h4-5H,10H2,1-3H3,(H,13,14). The highest BCUT2D eigenvalue weighted by atomic mass is 16.2. The number of hydrogen-bond donors (Lipinski definition) is 2. The first-order valence-electron chi connectivity index (χ1n) is 4.28. The van der Waals surface area contributed by atoms with Gasteiger partial charge in [-0.25, -0.2) is 9.97 Å². The number of aryl methyl sites for hydroxylation is 1. The van der Waals surface area contributed by atoms with Crippen molar-refractivity contribution in [2.45, 2.75) is 26.3 Å². The summed E-state index contributed by atoms with van der Waals surface area (Å²) in [5, 5.41) is 2.66. The lowest BCUT2D eigenvalue weighted by Gasteiger charge is -2.17. The van der Waals surface area contributed by atoms with E-state index in [-0.39, 0.29) is 5.91 Å². The molecule has 1 amide bonds. The van der Waals surface area contributed by atoms with Crippen LogP contribution in [0.5, 0.6) is 0 Å². The molecule has 1 heterocycles. The van der Waals surface area contributed by atoms with Crippen molar-refractivity contribution >= 4 is 11.6 Å². The first-order valence-corrected chi connectivity index (χ1v) is 4.28. The first kappa shape index (κ1) is 10.6. The molecule has 14 heavy (non-hydrogen) atoms. The minimum Gasteiger partial charge on any atom is -0.322 e. The Morgan fingerprint density at radius 1 is 1.57 bits per heavy atom. The average molecular weight is 194 g/mol. The summed E-state index contributed by atoms with van der Waals surface area (Å²) in [5.74, 6) is -0.254. The maximum Gasteiger partial charge on any atom is 0.243 e. The number of rotatable bonds is 2. The van der Waals surface area contributed by atoms with Crippen LogP contribution in [0, 0.1) is 6.92 Å². The second kappa shape index (κ2) is 3.71. The van der Waals surface area contributed by atoms with Gasteiger partial charge in [-0.15, -0.1) is 0 Å². The molecular formula is C9H14N4O. The van der Waals surface area contributed by atoms with Crippen LogP contribution >= 0.6 is 0 Å². The fourth-order valence-electron chi connectivity index (χ4n) is 0.797. The van der Waals surface area contributed by atoms with E-state index in [4.69, 9.17) is 5.73 Å². The molecule has 0 radical (unpaired) electrons. The van der Waals surface area contributed by atoms with Gasteiger partial charge in [0.1, 0.15) is 6.33 Å². The quantitative estimate of drug-likeness (QED) is 0.716. The molecule has 0 aliphatic heterocycles. The van der Waals surface area contributed by atoms with Crippen LogP contribution in [0.15, 0.2) is 12.5 Å². The van der Waals surface area contributed by atoms with Crippen LogP contribution in [0.4, 0.5) is 5.69 Å². The smallest absolute Gasteiger partial charge is 0.243 e. The SMILES string of the molecule is Cc1ncncc1NC(=O)C(C)(C)N. The number of amides is 1. The number of nitrogens with one attached hydrogen (secondary N) is 1. The summed E-state index contributed by atoms with van der Waals surface area (Å²) in [7, 11) is 0. The van der Waals surface area contributed by atoms with E-state index >= 15 is 0 Å². The summed E-state index contributed by atoms with van der Waals surface area (Å²) in [4.78, 5) is 19.3. The molecule has 1 rings (SSSR count). The third-order valence-electron chi connectivity index (χ3n) is 1.74. The molecule has 0 aromatic carbocycles. The fourth-order valence-corrected chi connectivity index (χ4v) is 0.797. The molecule has 0 saturated carbocycles. The minimum absolute atomic E-state index is 0.254. The molecule has 0 atom stereocenters. The summed E-state index contributed by atoms with van der Waals surface area (Å²) in [6, 6.07) is 0. The second-order valence-electron chi connectivity index (χ2n) is 3.70. The predicted octanol–water partition coefficient (Wildman–Crippen LogP) is 0.461. The first-order chi connectivity index (χ1) is 6.41. The van der Waals surface area contributed by atoms with E-state index in [1.54, 1.807) is 27.0 Å². The molecule has 0 fully saturated rings. The van der Waals surface area contributed by atoms with Gasteiger partial charge < -0.3 is 11.1 Å². The molecule has 3 N–H and O–H groups in total. The van der Waals surface area contributed by atoms with Gasteiger partial charge in [-0.3, -0.25) is 4.79 Å². The van der Waals surface area contributed by atoms with Gasteiger partial charge >= 0.3 is 0 Å². The Labute approximate surface area is 82.7 Å². The van der Waals surface area contributed by atoms with E-state index in [0.717, 1.165) is 5.69 Å². The Bertz CT molecular complexity index is 343. The van der Waals surface area contributed by atoms with E-state index in [2.05, 4.69) is 15.3 Å². The van der Waals surface area contributed by atoms with Crippen LogP contribution in [0.2, 0.25) is 0 Å². The average Bonchev–Trinajstić information content (AvgIpc) is 2.07. The summed E-state index contributed by atoms with van der Waals surface area (Å²) < 4.78 is 0. The van der Waals surface area contributed by atoms with E-state index in [1.165, 1.54) is 6.33 Å². The van der Waals surface area contributed by atoms with Crippen LogP contribution in [-0.2, 0) is 4.79 Å². The van der Waals surface area contributed by atoms with Crippen molar-refractivity contribution in [3.63, 3.8) is 0 Å². The lowest BCUT2D eigenvalue weighted by molar-refractivity contribution is -0.120. The Morgan fingerprint density at radius 2 is 2.21 bits per heavy atom. The normalized spacial score (nSPS) is 11.1. The molecular weight excluding hydrogens is 180 g/mol. The number of hydrogen-bond acceptors (Lipinski definition) is 4. The molecule has 5 heteroatoms. The van der Waals surface area contributed by atoms with Gasteiger partial charge in [0.05, 0.1) is 23.1 Å². The number of nitrogens with zero attached hydrogens (tertiary/aromatic N) is 2. The summed E-state index contributed by atoms with van der Waals surface area (Å²) in [5.41, 5.74) is 6.04. The zero-order chi connectivity index (χ0) is 10.8. The Morgan fingerprint density at radius 3 is 2.71 bits per heavy atom. The second-order valence-corrected chi connectivity index (χ2v) is 3.70. The Balaban J connectivity index is 2.80. The maximum atomic E-state index is 11.5. The third kappa shape index (κ3) is 2.50. The van der Waals surface area contributed by atoms with Crippen LogP contribution in [0.3, 0.4) is 0 Å². The third-order valence-corrected chi connectivity index (χ3v) is 1.74. The number of nitrogens with two attached hydrogens (primary N) is 1. The van der Waals surface area contributed by atoms with Gasteiger partial charge in [-0.05, 0) is 20.8 Å².